The summed E-state index contributed by atoms with van der Waals surface area (Å²) in [5, 5.41) is 13.3. The minimum atomic E-state index is -3.95. The number of nitrogens with zero attached hydrogens (tertiary/aromatic N) is 4. The molecule has 0 bridgehead atoms. The van der Waals surface area contributed by atoms with E-state index >= 15 is 0 Å². The van der Waals surface area contributed by atoms with E-state index in [2.05, 4.69) is 10.1 Å². The summed E-state index contributed by atoms with van der Waals surface area (Å²) >= 11 is 0. The summed E-state index contributed by atoms with van der Waals surface area (Å²) in [6, 6.07) is 3.99. The maximum atomic E-state index is 13.4. The van der Waals surface area contributed by atoms with Gasteiger partial charge in [0.15, 0.2) is 4.75 Å². The average molecular weight is 466 g/mol. The van der Waals surface area contributed by atoms with Crippen molar-refractivity contribution in [1.29, 1.82) is 0 Å². The van der Waals surface area contributed by atoms with E-state index in [0.717, 1.165) is 16.8 Å². The zero-order valence-electron chi connectivity index (χ0n) is 17.4. The molecule has 2 N–H and O–H groups in total. The van der Waals surface area contributed by atoms with Crippen LogP contribution in [0.2, 0.25) is 0 Å². The molecule has 176 valence electrons. The predicted molar refractivity (Wildman–Crippen MR) is 118 cm³/mol. The first-order valence-electron chi connectivity index (χ1n) is 10.3. The molecule has 1 amide bonds. The number of amides is 1. The molecule has 2 saturated heterocycles. The van der Waals surface area contributed by atoms with E-state index in [0.29, 0.717) is 25.9 Å². The average Bonchev–Trinajstić information content (AvgIpc) is 3.25. The van der Waals surface area contributed by atoms with Gasteiger partial charge in [-0.3, -0.25) is 19.7 Å². The van der Waals surface area contributed by atoms with Crippen LogP contribution in [0, 0.1) is 0 Å². The minimum absolute atomic E-state index is 0. The van der Waals surface area contributed by atoms with Gasteiger partial charge < -0.3 is 4.74 Å². The fraction of sp³-hybridized carbons (Fsp3) is 0.571. The van der Waals surface area contributed by atoms with E-state index in [1.807, 2.05) is 31.6 Å². The molecule has 2 fully saturated rings. The van der Waals surface area contributed by atoms with E-state index in [-0.39, 0.29) is 39.4 Å². The van der Waals surface area contributed by atoms with Crippen LogP contribution in [0.1, 0.15) is 44.7 Å². The van der Waals surface area contributed by atoms with Crippen LogP contribution in [0.4, 0.5) is 0 Å². The van der Waals surface area contributed by atoms with Crippen molar-refractivity contribution in [2.45, 2.75) is 43.8 Å². The largest absolute Gasteiger partial charge is 0.381 e. The summed E-state index contributed by atoms with van der Waals surface area (Å²) in [5.74, 6) is -0.739. The van der Waals surface area contributed by atoms with Crippen LogP contribution in [0.5, 0.6) is 0 Å². The standard InChI is InChI=1S/C20H27N5O5S.CH4/c1-24-14-17(13-22-24)16-2-3-18(21-12-16)15-4-8-25(9-5-15)31(28,29)20(19(26)23-27)6-10-30-11-7-20;/h2-3,12-15,27H,4-11H2,1H3,(H,23,26);1H4. The molecule has 2 aromatic heterocycles. The Hall–Kier alpha value is -2.34. The third kappa shape index (κ3) is 4.29. The van der Waals surface area contributed by atoms with Gasteiger partial charge in [0.05, 0.1) is 6.20 Å². The highest BCUT2D eigenvalue weighted by atomic mass is 32.2. The summed E-state index contributed by atoms with van der Waals surface area (Å²) in [6.07, 6.45) is 6.82. The second-order valence-corrected chi connectivity index (χ2v) is 10.3. The molecule has 4 rings (SSSR count). The van der Waals surface area contributed by atoms with E-state index < -0.39 is 20.7 Å². The normalized spacial score (nSPS) is 19.8. The Morgan fingerprint density at radius 3 is 2.41 bits per heavy atom. The zero-order chi connectivity index (χ0) is 22.1. The monoisotopic (exact) mass is 465 g/mol. The molecule has 2 aliphatic rings. The predicted octanol–water partition coefficient (Wildman–Crippen LogP) is 1.68. The lowest BCUT2D eigenvalue weighted by Gasteiger charge is -2.40. The number of pyridine rings is 1. The minimum Gasteiger partial charge on any atom is -0.381 e. The van der Waals surface area contributed by atoms with Gasteiger partial charge in [-0.25, -0.2) is 18.2 Å². The van der Waals surface area contributed by atoms with Crippen LogP contribution in [0.3, 0.4) is 0 Å². The summed E-state index contributed by atoms with van der Waals surface area (Å²) in [4.78, 5) is 17.0. The number of rotatable bonds is 5. The number of hydroxylamine groups is 1. The van der Waals surface area contributed by atoms with Crippen LogP contribution in [-0.2, 0) is 26.6 Å². The maximum absolute atomic E-state index is 13.4. The smallest absolute Gasteiger partial charge is 0.266 e. The van der Waals surface area contributed by atoms with Crippen molar-refractivity contribution in [2.24, 2.45) is 7.05 Å². The molecule has 0 saturated carbocycles. The molecule has 0 aromatic carbocycles. The lowest BCUT2D eigenvalue weighted by Crippen LogP contribution is -2.60. The number of carbonyl (C=O) groups is 1. The molecule has 0 atom stereocenters. The number of aryl methyl sites for hydroxylation is 1. The summed E-state index contributed by atoms with van der Waals surface area (Å²) < 4.78 is 33.5. The van der Waals surface area contributed by atoms with Gasteiger partial charge in [0.2, 0.25) is 10.0 Å². The number of hydrogen-bond donors (Lipinski definition) is 2. The van der Waals surface area contributed by atoms with Gasteiger partial charge >= 0.3 is 0 Å². The molecular formula is C21H31N5O5S. The van der Waals surface area contributed by atoms with E-state index in [4.69, 9.17) is 4.74 Å². The third-order valence-corrected chi connectivity index (χ3v) is 8.97. The summed E-state index contributed by atoms with van der Waals surface area (Å²) in [6.45, 7) is 0.938. The van der Waals surface area contributed by atoms with Gasteiger partial charge in [-0.1, -0.05) is 13.5 Å². The SMILES string of the molecule is C.Cn1cc(-c2ccc(C3CCN(S(=O)(=O)C4(C(=O)NO)CCOCC4)CC3)nc2)cn1. The fourth-order valence-electron chi connectivity index (χ4n) is 4.43. The number of hydrogen-bond acceptors (Lipinski definition) is 7. The Bertz CT molecular complexity index is 1020. The number of piperidine rings is 1. The summed E-state index contributed by atoms with van der Waals surface area (Å²) in [7, 11) is -2.09. The molecule has 4 heterocycles. The van der Waals surface area contributed by atoms with Crippen molar-refractivity contribution in [3.63, 3.8) is 0 Å². The Morgan fingerprint density at radius 1 is 1.19 bits per heavy atom. The Balaban J connectivity index is 0.00000289. The van der Waals surface area contributed by atoms with Gasteiger partial charge in [0.25, 0.3) is 5.91 Å². The van der Waals surface area contributed by atoms with Crippen molar-refractivity contribution < 1.29 is 23.2 Å². The van der Waals surface area contributed by atoms with Gasteiger partial charge in [-0.05, 0) is 18.9 Å². The molecule has 0 aliphatic carbocycles. The zero-order valence-corrected chi connectivity index (χ0v) is 18.2. The first kappa shape index (κ1) is 24.3. The van der Waals surface area contributed by atoms with Gasteiger partial charge in [0.1, 0.15) is 0 Å². The Morgan fingerprint density at radius 2 is 1.88 bits per heavy atom. The summed E-state index contributed by atoms with van der Waals surface area (Å²) in [5.41, 5.74) is 4.46. The van der Waals surface area contributed by atoms with Crippen molar-refractivity contribution in [1.82, 2.24) is 24.5 Å². The van der Waals surface area contributed by atoms with E-state index in [1.54, 1.807) is 16.4 Å². The lowest BCUT2D eigenvalue weighted by molar-refractivity contribution is -0.134. The number of sulfonamides is 1. The number of aromatic nitrogens is 3. The number of ether oxygens (including phenoxy) is 1. The van der Waals surface area contributed by atoms with Crippen molar-refractivity contribution >= 4 is 15.9 Å². The second-order valence-electron chi connectivity index (χ2n) is 8.10. The number of carbonyl (C=O) groups excluding carboxylic acids is 1. The topological polar surface area (TPSA) is 127 Å². The first-order chi connectivity index (χ1) is 14.9. The van der Waals surface area contributed by atoms with Crippen molar-refractivity contribution in [2.75, 3.05) is 26.3 Å². The quantitative estimate of drug-likeness (QED) is 0.508. The molecule has 10 nitrogen and oxygen atoms in total. The molecule has 11 heteroatoms. The molecule has 0 radical (unpaired) electrons. The lowest BCUT2D eigenvalue weighted by atomic mass is 9.93. The van der Waals surface area contributed by atoms with Crippen LogP contribution >= 0.6 is 0 Å². The third-order valence-electron chi connectivity index (χ3n) is 6.35. The fourth-order valence-corrected chi connectivity index (χ4v) is 6.58. The molecule has 2 aromatic rings. The first-order valence-corrected chi connectivity index (χ1v) is 11.8. The maximum Gasteiger partial charge on any atom is 0.266 e. The highest BCUT2D eigenvalue weighted by molar-refractivity contribution is 7.91. The van der Waals surface area contributed by atoms with Crippen LogP contribution in [0.25, 0.3) is 11.1 Å². The molecule has 32 heavy (non-hydrogen) atoms. The van der Waals surface area contributed by atoms with E-state index in [1.165, 1.54) is 4.31 Å². The Kier molecular flexibility index (Phi) is 7.33. The molecule has 0 spiro atoms. The van der Waals surface area contributed by atoms with Crippen LogP contribution < -0.4 is 5.48 Å². The second kappa shape index (κ2) is 9.65. The van der Waals surface area contributed by atoms with Gasteiger partial charge in [-0.15, -0.1) is 0 Å². The highest BCUT2D eigenvalue weighted by Gasteiger charge is 2.54. The Labute approximate surface area is 188 Å². The highest BCUT2D eigenvalue weighted by Crippen LogP contribution is 2.36. The van der Waals surface area contributed by atoms with Crippen LogP contribution in [0.15, 0.2) is 30.7 Å². The van der Waals surface area contributed by atoms with Crippen LogP contribution in [-0.4, -0.2) is 69.7 Å². The van der Waals surface area contributed by atoms with Gasteiger partial charge in [0, 0.05) is 81.3 Å². The van der Waals surface area contributed by atoms with Gasteiger partial charge in [-0.2, -0.15) is 5.10 Å². The molecular weight excluding hydrogens is 434 g/mol. The molecule has 2 aliphatic heterocycles. The van der Waals surface area contributed by atoms with E-state index in [9.17, 15) is 18.4 Å². The molecule has 0 unspecified atom stereocenters. The number of nitrogens with one attached hydrogen (secondary N) is 1. The van der Waals surface area contributed by atoms with Crippen molar-refractivity contribution in [3.8, 4) is 11.1 Å². The van der Waals surface area contributed by atoms with Crippen molar-refractivity contribution in [3.05, 3.63) is 36.4 Å².